The van der Waals surface area contributed by atoms with Crippen LogP contribution in [0, 0.1) is 0 Å². The molecule has 4 aromatic rings. The van der Waals surface area contributed by atoms with Gasteiger partial charge in [-0.05, 0) is 110 Å². The summed E-state index contributed by atoms with van der Waals surface area (Å²) in [5, 5.41) is 9.26. The first-order valence-electron chi connectivity index (χ1n) is 14.8. The van der Waals surface area contributed by atoms with Gasteiger partial charge in [0.1, 0.15) is 11.5 Å². The molecule has 9 nitrogen and oxygen atoms in total. The number of aliphatic hydroxyl groups is 1. The summed E-state index contributed by atoms with van der Waals surface area (Å²) in [4.78, 5) is 0.483. The van der Waals surface area contributed by atoms with Crippen molar-refractivity contribution in [1.82, 2.24) is 0 Å². The Morgan fingerprint density at radius 1 is 0.630 bits per heavy atom. The van der Waals surface area contributed by atoms with E-state index < -0.39 is 25.8 Å². The molecule has 0 saturated heterocycles. The molecule has 4 aromatic carbocycles. The molecule has 0 aliphatic heterocycles. The van der Waals surface area contributed by atoms with Gasteiger partial charge in [0.2, 0.25) is 0 Å². The number of aliphatic hydroxyl groups excluding tert-OH is 1. The summed E-state index contributed by atoms with van der Waals surface area (Å²) in [5.74, 6) is 3.46. The lowest BCUT2D eigenvalue weighted by molar-refractivity contribution is 0.191. The fraction of sp³-hybridized carbons (Fsp3) is 0.314. The van der Waals surface area contributed by atoms with Crippen LogP contribution in [-0.4, -0.2) is 54.3 Å². The molecule has 0 saturated carbocycles. The highest BCUT2D eigenvalue weighted by atomic mass is 32.2. The van der Waals surface area contributed by atoms with Gasteiger partial charge < -0.3 is 24.1 Å². The van der Waals surface area contributed by atoms with E-state index in [2.05, 4.69) is 13.8 Å². The monoisotopic (exact) mass is 670 g/mol. The second-order valence-electron chi connectivity index (χ2n) is 10.6. The molecule has 0 fully saturated rings. The minimum atomic E-state index is -3.41. The fourth-order valence-corrected chi connectivity index (χ4v) is 6.27. The van der Waals surface area contributed by atoms with Crippen LogP contribution in [0.15, 0.2) is 94.7 Å². The molecule has 0 aromatic heterocycles. The van der Waals surface area contributed by atoms with Crippen LogP contribution in [0.3, 0.4) is 0 Å². The van der Waals surface area contributed by atoms with Gasteiger partial charge in [-0.3, -0.25) is 0 Å². The van der Waals surface area contributed by atoms with Gasteiger partial charge in [-0.2, -0.15) is 0 Å². The van der Waals surface area contributed by atoms with Crippen molar-refractivity contribution in [3.63, 3.8) is 0 Å². The Balaban J connectivity index is 0.000000254. The Hall–Kier alpha value is -4.06. The van der Waals surface area contributed by atoms with Gasteiger partial charge in [0.05, 0.1) is 35.9 Å². The van der Waals surface area contributed by atoms with Crippen molar-refractivity contribution in [3.05, 3.63) is 96.1 Å². The number of benzene rings is 4. The van der Waals surface area contributed by atoms with E-state index in [0.29, 0.717) is 34.5 Å². The first kappa shape index (κ1) is 36.4. The van der Waals surface area contributed by atoms with Gasteiger partial charge in [0, 0.05) is 6.26 Å². The molecule has 0 heterocycles. The zero-order valence-electron chi connectivity index (χ0n) is 27.0. The number of hydrogen-bond donors (Lipinski definition) is 1. The molecule has 1 atom stereocenters. The second kappa shape index (κ2) is 16.5. The van der Waals surface area contributed by atoms with Crippen LogP contribution in [-0.2, 0) is 32.5 Å². The molecule has 0 bridgehead atoms. The van der Waals surface area contributed by atoms with Crippen molar-refractivity contribution in [2.24, 2.45) is 0 Å². The summed E-state index contributed by atoms with van der Waals surface area (Å²) in [7, 11) is -3.43. The van der Waals surface area contributed by atoms with E-state index in [1.165, 1.54) is 30.5 Å². The summed E-state index contributed by atoms with van der Waals surface area (Å²) in [6, 6.07) is 24.0. The summed E-state index contributed by atoms with van der Waals surface area (Å²) < 4.78 is 69.5. The molecule has 1 N–H and O–H groups in total. The first-order chi connectivity index (χ1) is 21.8. The average molecular weight is 671 g/mol. The highest BCUT2D eigenvalue weighted by Gasteiger charge is 2.16. The summed E-state index contributed by atoms with van der Waals surface area (Å²) in [6.07, 6.45) is 2.56. The van der Waals surface area contributed by atoms with Crippen molar-refractivity contribution in [1.29, 1.82) is 0 Å². The van der Waals surface area contributed by atoms with E-state index in [0.717, 1.165) is 24.0 Å². The lowest BCUT2D eigenvalue weighted by atomic mass is 10.1. The van der Waals surface area contributed by atoms with E-state index >= 15 is 0 Å². The molecule has 0 amide bonds. The van der Waals surface area contributed by atoms with Crippen LogP contribution in [0.5, 0.6) is 34.5 Å². The van der Waals surface area contributed by atoms with E-state index in [9.17, 15) is 21.9 Å². The number of sulfone groups is 2. The largest absolute Gasteiger partial charge is 0.493 e. The van der Waals surface area contributed by atoms with Crippen molar-refractivity contribution in [2.75, 3.05) is 26.2 Å². The van der Waals surface area contributed by atoms with Crippen LogP contribution in [0.25, 0.3) is 0 Å². The lowest BCUT2D eigenvalue weighted by Crippen LogP contribution is -2.12. The SMILES string of the molecule is CCc1ccc(Oc2ccc(S(=O)(=O)CCC(C)O)cc2)c(OC)c1.CCc1ccc(Oc2ccc(S(C)(=O)=O)cc2)c(OC)c1. The molecule has 46 heavy (non-hydrogen) atoms. The third-order valence-electron chi connectivity index (χ3n) is 6.97. The van der Waals surface area contributed by atoms with Gasteiger partial charge in [-0.25, -0.2) is 16.8 Å². The molecule has 4 rings (SSSR count). The maximum atomic E-state index is 12.2. The first-order valence-corrected chi connectivity index (χ1v) is 18.3. The molecule has 248 valence electrons. The van der Waals surface area contributed by atoms with Gasteiger partial charge in [0.15, 0.2) is 42.7 Å². The third kappa shape index (κ3) is 10.5. The van der Waals surface area contributed by atoms with Gasteiger partial charge in [-0.1, -0.05) is 26.0 Å². The number of rotatable bonds is 13. The van der Waals surface area contributed by atoms with Crippen LogP contribution in [0.4, 0.5) is 0 Å². The third-order valence-corrected chi connectivity index (χ3v) is 9.86. The Morgan fingerprint density at radius 2 is 1.04 bits per heavy atom. The maximum Gasteiger partial charge on any atom is 0.178 e. The van der Waals surface area contributed by atoms with Crippen LogP contribution in [0.1, 0.15) is 38.3 Å². The zero-order valence-corrected chi connectivity index (χ0v) is 28.7. The number of hydrogen-bond acceptors (Lipinski definition) is 9. The van der Waals surface area contributed by atoms with Crippen LogP contribution in [0.2, 0.25) is 0 Å². The lowest BCUT2D eigenvalue weighted by Gasteiger charge is -2.12. The van der Waals surface area contributed by atoms with Crippen molar-refractivity contribution in [2.45, 2.75) is 55.9 Å². The Morgan fingerprint density at radius 3 is 1.39 bits per heavy atom. The van der Waals surface area contributed by atoms with E-state index in [-0.39, 0.29) is 22.0 Å². The zero-order chi connectivity index (χ0) is 33.9. The van der Waals surface area contributed by atoms with Gasteiger partial charge >= 0.3 is 0 Å². The fourth-order valence-electron chi connectivity index (χ4n) is 4.20. The summed E-state index contributed by atoms with van der Waals surface area (Å²) in [6.45, 7) is 5.70. The van der Waals surface area contributed by atoms with Gasteiger partial charge in [0.25, 0.3) is 0 Å². The molecule has 0 radical (unpaired) electrons. The molecule has 0 aliphatic rings. The molecular formula is C35H42O9S2. The topological polar surface area (TPSA) is 125 Å². The van der Waals surface area contributed by atoms with E-state index in [4.69, 9.17) is 18.9 Å². The molecule has 11 heteroatoms. The smallest absolute Gasteiger partial charge is 0.178 e. The standard InChI is InChI=1S/C19H24O5S.C16H18O4S/c1-4-15-5-10-18(19(13-15)23-3)24-16-6-8-17(9-7-16)25(21,22)12-11-14(2)20;1-4-12-5-10-15(16(11-12)19-2)20-13-6-8-14(9-7-13)21(3,17)18/h5-10,13-14,20H,4,11-12H2,1-3H3;5-11H,4H2,1-3H3. The highest BCUT2D eigenvalue weighted by Crippen LogP contribution is 2.34. The van der Waals surface area contributed by atoms with Crippen molar-refractivity contribution >= 4 is 19.7 Å². The van der Waals surface area contributed by atoms with Crippen LogP contribution >= 0.6 is 0 Å². The summed E-state index contributed by atoms with van der Waals surface area (Å²) >= 11 is 0. The van der Waals surface area contributed by atoms with E-state index in [1.807, 2.05) is 36.4 Å². The molecular weight excluding hydrogens is 629 g/mol. The molecule has 1 unspecified atom stereocenters. The normalized spacial score (nSPS) is 12.0. The number of aryl methyl sites for hydroxylation is 2. The molecule has 0 spiro atoms. The predicted molar refractivity (Wildman–Crippen MR) is 179 cm³/mol. The van der Waals surface area contributed by atoms with E-state index in [1.54, 1.807) is 45.4 Å². The van der Waals surface area contributed by atoms with Gasteiger partial charge in [-0.15, -0.1) is 0 Å². The summed E-state index contributed by atoms with van der Waals surface area (Å²) in [5.41, 5.74) is 2.30. The van der Waals surface area contributed by atoms with Crippen LogP contribution < -0.4 is 18.9 Å². The minimum absolute atomic E-state index is 0.0861. The maximum absolute atomic E-state index is 12.2. The minimum Gasteiger partial charge on any atom is -0.493 e. The van der Waals surface area contributed by atoms with Crippen molar-refractivity contribution < 1.29 is 40.9 Å². The van der Waals surface area contributed by atoms with Crippen molar-refractivity contribution in [3.8, 4) is 34.5 Å². The molecule has 0 aliphatic carbocycles. The second-order valence-corrected chi connectivity index (χ2v) is 14.7. The number of methoxy groups -OCH3 is 2. The number of ether oxygens (including phenoxy) is 4. The predicted octanol–water partition coefficient (Wildman–Crippen LogP) is 7.05. The Kier molecular flexibility index (Phi) is 13.0. The Labute approximate surface area is 272 Å². The quantitative estimate of drug-likeness (QED) is 0.159. The highest BCUT2D eigenvalue weighted by molar-refractivity contribution is 7.91. The Bertz CT molecular complexity index is 1780. The average Bonchev–Trinajstić information content (AvgIpc) is 3.04.